The Hall–Kier alpha value is -1.65. The van der Waals surface area contributed by atoms with E-state index in [0.717, 1.165) is 0 Å². The van der Waals surface area contributed by atoms with Gasteiger partial charge in [0.05, 0.1) is 6.54 Å². The normalized spacial score (nSPS) is 12.4. The summed E-state index contributed by atoms with van der Waals surface area (Å²) in [7, 11) is 0. The van der Waals surface area contributed by atoms with Crippen LogP contribution in [-0.4, -0.2) is 14.7 Å². The summed E-state index contributed by atoms with van der Waals surface area (Å²) in [5.74, 6) is 0.104. The number of halogens is 2. The van der Waals surface area contributed by atoms with Gasteiger partial charge in [-0.1, -0.05) is 30.3 Å². The summed E-state index contributed by atoms with van der Waals surface area (Å²) in [6, 6.07) is 5.64. The SMILES string of the molecule is C=C(Cl)Cn1ccnc1[C@@H](O)c1ccc(F)cc1. The van der Waals surface area contributed by atoms with Crippen molar-refractivity contribution in [1.29, 1.82) is 0 Å². The van der Waals surface area contributed by atoms with Crippen molar-refractivity contribution in [2.75, 3.05) is 0 Å². The van der Waals surface area contributed by atoms with Crippen LogP contribution in [0.3, 0.4) is 0 Å². The van der Waals surface area contributed by atoms with Crippen LogP contribution in [0.1, 0.15) is 17.5 Å². The molecule has 5 heteroatoms. The molecule has 0 fully saturated rings. The fraction of sp³-hybridized carbons (Fsp3) is 0.154. The van der Waals surface area contributed by atoms with E-state index >= 15 is 0 Å². The lowest BCUT2D eigenvalue weighted by Gasteiger charge is -2.13. The number of allylic oxidation sites excluding steroid dienone is 1. The number of aliphatic hydroxyl groups is 1. The van der Waals surface area contributed by atoms with E-state index in [1.165, 1.54) is 24.3 Å². The van der Waals surface area contributed by atoms with Crippen LogP contribution >= 0.6 is 11.6 Å². The zero-order valence-electron chi connectivity index (χ0n) is 9.55. The van der Waals surface area contributed by atoms with Crippen LogP contribution in [0.5, 0.6) is 0 Å². The molecular formula is C13H12ClFN2O. The minimum atomic E-state index is -0.920. The van der Waals surface area contributed by atoms with Crippen LogP contribution in [0.4, 0.5) is 4.39 Å². The monoisotopic (exact) mass is 266 g/mol. The number of hydrogen-bond donors (Lipinski definition) is 1. The Bertz CT molecular complexity index is 550. The molecule has 0 aliphatic rings. The molecule has 0 aliphatic heterocycles. The largest absolute Gasteiger partial charge is 0.380 e. The highest BCUT2D eigenvalue weighted by atomic mass is 35.5. The fourth-order valence-electron chi connectivity index (χ4n) is 1.68. The van der Waals surface area contributed by atoms with E-state index in [1.54, 1.807) is 17.0 Å². The predicted molar refractivity (Wildman–Crippen MR) is 67.7 cm³/mol. The Morgan fingerprint density at radius 3 is 2.72 bits per heavy atom. The van der Waals surface area contributed by atoms with E-state index in [2.05, 4.69) is 11.6 Å². The number of rotatable bonds is 4. The molecule has 2 aromatic rings. The Morgan fingerprint density at radius 2 is 2.11 bits per heavy atom. The van der Waals surface area contributed by atoms with Gasteiger partial charge in [0.15, 0.2) is 0 Å². The van der Waals surface area contributed by atoms with Gasteiger partial charge in [-0.05, 0) is 17.7 Å². The molecule has 18 heavy (non-hydrogen) atoms. The van der Waals surface area contributed by atoms with Crippen molar-refractivity contribution in [3.63, 3.8) is 0 Å². The molecule has 94 valence electrons. The average molecular weight is 267 g/mol. The maximum Gasteiger partial charge on any atom is 0.142 e. The van der Waals surface area contributed by atoms with Crippen molar-refractivity contribution in [2.45, 2.75) is 12.6 Å². The molecule has 0 spiro atoms. The second kappa shape index (κ2) is 5.33. The van der Waals surface area contributed by atoms with Crippen LogP contribution in [0.2, 0.25) is 0 Å². The summed E-state index contributed by atoms with van der Waals surface area (Å²) in [5, 5.41) is 10.6. The van der Waals surface area contributed by atoms with Crippen molar-refractivity contribution in [3.05, 3.63) is 65.5 Å². The standard InChI is InChI=1S/C13H12ClFN2O/c1-9(14)8-17-7-6-16-13(17)12(18)10-2-4-11(15)5-3-10/h2-7,12,18H,1,8H2/t12-/m0/s1. The topological polar surface area (TPSA) is 38.0 Å². The highest BCUT2D eigenvalue weighted by molar-refractivity contribution is 6.29. The van der Waals surface area contributed by atoms with Gasteiger partial charge in [-0.15, -0.1) is 0 Å². The van der Waals surface area contributed by atoms with E-state index in [4.69, 9.17) is 11.6 Å². The first-order valence-corrected chi connectivity index (χ1v) is 5.73. The smallest absolute Gasteiger partial charge is 0.142 e. The summed E-state index contributed by atoms with van der Waals surface area (Å²) >= 11 is 5.74. The molecule has 0 aliphatic carbocycles. The first-order valence-electron chi connectivity index (χ1n) is 5.36. The minimum Gasteiger partial charge on any atom is -0.380 e. The minimum absolute atomic E-state index is 0.344. The van der Waals surface area contributed by atoms with Gasteiger partial charge in [-0.25, -0.2) is 9.37 Å². The van der Waals surface area contributed by atoms with Gasteiger partial charge in [0.2, 0.25) is 0 Å². The third-order valence-electron chi connectivity index (χ3n) is 2.52. The third kappa shape index (κ3) is 2.78. The van der Waals surface area contributed by atoms with Crippen LogP contribution in [-0.2, 0) is 6.54 Å². The molecular weight excluding hydrogens is 255 g/mol. The van der Waals surface area contributed by atoms with Gasteiger partial charge in [-0.3, -0.25) is 0 Å². The summed E-state index contributed by atoms with van der Waals surface area (Å²) in [6.07, 6.45) is 2.36. The Morgan fingerprint density at radius 1 is 1.44 bits per heavy atom. The van der Waals surface area contributed by atoms with Gasteiger partial charge in [-0.2, -0.15) is 0 Å². The Balaban J connectivity index is 2.28. The summed E-state index contributed by atoms with van der Waals surface area (Å²) in [5.41, 5.74) is 0.573. The molecule has 0 bridgehead atoms. The Labute approximate surface area is 109 Å². The third-order valence-corrected chi connectivity index (χ3v) is 2.64. The fourth-order valence-corrected chi connectivity index (χ4v) is 1.81. The molecule has 2 rings (SSSR count). The second-order valence-corrected chi connectivity index (χ2v) is 4.42. The molecule has 3 nitrogen and oxygen atoms in total. The van der Waals surface area contributed by atoms with E-state index in [1.807, 2.05) is 0 Å². The number of benzene rings is 1. The molecule has 0 unspecified atom stereocenters. The quantitative estimate of drug-likeness (QED) is 0.924. The Kier molecular flexibility index (Phi) is 3.79. The molecule has 0 saturated carbocycles. The van der Waals surface area contributed by atoms with Gasteiger partial charge in [0, 0.05) is 17.4 Å². The van der Waals surface area contributed by atoms with Crippen molar-refractivity contribution in [2.24, 2.45) is 0 Å². The molecule has 1 N–H and O–H groups in total. The number of aromatic nitrogens is 2. The maximum atomic E-state index is 12.8. The highest BCUT2D eigenvalue weighted by Gasteiger charge is 2.16. The first-order chi connectivity index (χ1) is 8.58. The van der Waals surface area contributed by atoms with E-state index in [9.17, 15) is 9.50 Å². The lowest BCUT2D eigenvalue weighted by atomic mass is 10.1. The van der Waals surface area contributed by atoms with Crippen molar-refractivity contribution in [3.8, 4) is 0 Å². The zero-order chi connectivity index (χ0) is 13.1. The number of hydrogen-bond acceptors (Lipinski definition) is 2. The van der Waals surface area contributed by atoms with Gasteiger partial charge in [0.25, 0.3) is 0 Å². The summed E-state index contributed by atoms with van der Waals surface area (Å²) < 4.78 is 14.5. The van der Waals surface area contributed by atoms with E-state index in [-0.39, 0.29) is 5.82 Å². The number of aliphatic hydroxyl groups excluding tert-OH is 1. The summed E-state index contributed by atoms with van der Waals surface area (Å²) in [4.78, 5) is 4.09. The van der Waals surface area contributed by atoms with Crippen LogP contribution in [0, 0.1) is 5.82 Å². The molecule has 0 saturated heterocycles. The molecule has 1 aromatic carbocycles. The van der Waals surface area contributed by atoms with Crippen molar-refractivity contribution in [1.82, 2.24) is 9.55 Å². The number of nitrogens with zero attached hydrogens (tertiary/aromatic N) is 2. The molecule has 1 atom stereocenters. The lowest BCUT2D eigenvalue weighted by Crippen LogP contribution is -2.10. The van der Waals surface area contributed by atoms with Gasteiger partial charge < -0.3 is 9.67 Å². The van der Waals surface area contributed by atoms with E-state index < -0.39 is 6.10 Å². The molecule has 0 radical (unpaired) electrons. The van der Waals surface area contributed by atoms with Crippen LogP contribution in [0.15, 0.2) is 48.3 Å². The van der Waals surface area contributed by atoms with E-state index in [0.29, 0.717) is 23.0 Å². The van der Waals surface area contributed by atoms with Crippen LogP contribution < -0.4 is 0 Å². The predicted octanol–water partition coefficient (Wildman–Crippen LogP) is 2.86. The highest BCUT2D eigenvalue weighted by Crippen LogP contribution is 2.21. The van der Waals surface area contributed by atoms with Crippen molar-refractivity contribution >= 4 is 11.6 Å². The van der Waals surface area contributed by atoms with Crippen molar-refractivity contribution < 1.29 is 9.50 Å². The lowest BCUT2D eigenvalue weighted by molar-refractivity contribution is 0.205. The number of imidazole rings is 1. The first kappa shape index (κ1) is 12.8. The zero-order valence-corrected chi connectivity index (χ0v) is 10.3. The molecule has 1 aromatic heterocycles. The summed E-state index contributed by atoms with van der Waals surface area (Å²) in [6.45, 7) is 3.97. The van der Waals surface area contributed by atoms with Crippen LogP contribution in [0.25, 0.3) is 0 Å². The maximum absolute atomic E-state index is 12.8. The molecule has 0 amide bonds. The second-order valence-electron chi connectivity index (χ2n) is 3.88. The average Bonchev–Trinajstić information content (AvgIpc) is 2.76. The van der Waals surface area contributed by atoms with Gasteiger partial charge >= 0.3 is 0 Å². The van der Waals surface area contributed by atoms with Gasteiger partial charge in [0.1, 0.15) is 17.7 Å². The molecule has 1 heterocycles.